The largest absolute Gasteiger partial charge is 0.341 e. The van der Waals surface area contributed by atoms with E-state index in [4.69, 9.17) is 0 Å². The third kappa shape index (κ3) is 5.37. The van der Waals surface area contributed by atoms with Crippen molar-refractivity contribution in [3.05, 3.63) is 139 Å². The van der Waals surface area contributed by atoms with Crippen LogP contribution in [0.4, 0.5) is 11.5 Å². The topological polar surface area (TPSA) is 17.0 Å². The zero-order chi connectivity index (χ0) is 29.5. The van der Waals surface area contributed by atoms with Crippen molar-refractivity contribution >= 4 is 22.4 Å². The van der Waals surface area contributed by atoms with Gasteiger partial charge < -0.3 is 5.32 Å². The lowest BCUT2D eigenvalue weighted by Gasteiger charge is -2.23. The second-order valence-electron chi connectivity index (χ2n) is 13.3. The highest BCUT2D eigenvalue weighted by Gasteiger charge is 2.21. The highest BCUT2D eigenvalue weighted by atomic mass is 15.1. The Hall–Kier alpha value is -4.56. The molecule has 0 spiro atoms. The Morgan fingerprint density at radius 1 is 0.500 bits per heavy atom. The first kappa shape index (κ1) is 27.6. The molecule has 0 saturated carbocycles. The van der Waals surface area contributed by atoms with Gasteiger partial charge >= 0.3 is 0 Å². The molecule has 5 aromatic carbocycles. The quantitative estimate of drug-likeness (QED) is 0.227. The second kappa shape index (κ2) is 10.7. The van der Waals surface area contributed by atoms with E-state index in [0.29, 0.717) is 0 Å². The minimum atomic E-state index is 0.0408. The fourth-order valence-corrected chi connectivity index (χ4v) is 5.66. The first-order valence-electron chi connectivity index (χ1n) is 14.9. The zero-order valence-electron chi connectivity index (χ0n) is 25.6. The van der Waals surface area contributed by atoms with Crippen LogP contribution in [0.3, 0.4) is 0 Å². The summed E-state index contributed by atoms with van der Waals surface area (Å²) in [6.45, 7) is 13.7. The number of rotatable bonds is 5. The minimum absolute atomic E-state index is 0.0408. The fraction of sp³-hybridized carbons (Fsp3) is 0.200. The molecule has 210 valence electrons. The summed E-state index contributed by atoms with van der Waals surface area (Å²) in [6.07, 6.45) is 0. The lowest BCUT2D eigenvalue weighted by Crippen LogP contribution is -2.12. The Bertz CT molecular complexity index is 1850. The van der Waals surface area contributed by atoms with Crippen molar-refractivity contribution in [3.8, 4) is 27.9 Å². The van der Waals surface area contributed by atoms with Crippen molar-refractivity contribution in [1.29, 1.82) is 0 Å². The van der Waals surface area contributed by atoms with Crippen molar-refractivity contribution in [2.45, 2.75) is 52.4 Å². The molecular formula is C40H40N2. The van der Waals surface area contributed by atoms with Crippen LogP contribution in [0.15, 0.2) is 127 Å². The molecule has 0 atom stereocenters. The van der Waals surface area contributed by atoms with Crippen LogP contribution in [0, 0.1) is 0 Å². The molecule has 1 heterocycles. The van der Waals surface area contributed by atoms with Crippen LogP contribution in [0.5, 0.6) is 0 Å². The van der Waals surface area contributed by atoms with Crippen LogP contribution < -0.4 is 5.32 Å². The van der Waals surface area contributed by atoms with E-state index in [0.717, 1.165) is 17.2 Å². The van der Waals surface area contributed by atoms with E-state index in [-0.39, 0.29) is 10.8 Å². The van der Waals surface area contributed by atoms with Gasteiger partial charge in [-0.3, -0.25) is 4.57 Å². The van der Waals surface area contributed by atoms with E-state index < -0.39 is 0 Å². The SMILES string of the molecule is CC(C)(C)c1ccc(Nc2cc3ccc(C(C)(C)C)cc3n2-c2ccccc2-c2ccccc2)c(-c2ccccc2)c1. The van der Waals surface area contributed by atoms with Gasteiger partial charge in [0.05, 0.1) is 11.2 Å². The van der Waals surface area contributed by atoms with E-state index in [9.17, 15) is 0 Å². The van der Waals surface area contributed by atoms with E-state index in [1.807, 2.05) is 0 Å². The molecule has 0 bridgehead atoms. The number of fused-ring (bicyclic) bond motifs is 1. The molecule has 0 amide bonds. The predicted octanol–water partition coefficient (Wildman–Crippen LogP) is 11.3. The third-order valence-electron chi connectivity index (χ3n) is 8.13. The Kier molecular flexibility index (Phi) is 7.02. The molecule has 0 aliphatic carbocycles. The van der Waals surface area contributed by atoms with Crippen molar-refractivity contribution < 1.29 is 0 Å². The maximum absolute atomic E-state index is 3.91. The highest BCUT2D eigenvalue weighted by molar-refractivity contribution is 5.92. The van der Waals surface area contributed by atoms with E-state index in [1.165, 1.54) is 44.3 Å². The molecule has 2 heteroatoms. The average Bonchev–Trinajstić information content (AvgIpc) is 3.34. The predicted molar refractivity (Wildman–Crippen MR) is 181 cm³/mol. The molecule has 2 nitrogen and oxygen atoms in total. The van der Waals surface area contributed by atoms with Crippen LogP contribution in [-0.4, -0.2) is 4.57 Å². The summed E-state index contributed by atoms with van der Waals surface area (Å²) in [7, 11) is 0. The number of nitrogens with zero attached hydrogens (tertiary/aromatic N) is 1. The number of para-hydroxylation sites is 1. The van der Waals surface area contributed by atoms with Gasteiger partial charge in [-0.25, -0.2) is 0 Å². The van der Waals surface area contributed by atoms with Gasteiger partial charge in [-0.05, 0) is 63.4 Å². The van der Waals surface area contributed by atoms with E-state index in [2.05, 4.69) is 179 Å². The third-order valence-corrected chi connectivity index (χ3v) is 8.13. The summed E-state index contributed by atoms with van der Waals surface area (Å²) in [5, 5.41) is 5.12. The molecule has 1 aromatic heterocycles. The van der Waals surface area contributed by atoms with Crippen LogP contribution >= 0.6 is 0 Å². The maximum atomic E-state index is 3.91. The normalized spacial score (nSPS) is 12.0. The first-order chi connectivity index (χ1) is 20.1. The van der Waals surface area contributed by atoms with Gasteiger partial charge in [-0.2, -0.15) is 0 Å². The summed E-state index contributed by atoms with van der Waals surface area (Å²) in [5.41, 5.74) is 11.0. The molecule has 0 saturated heterocycles. The van der Waals surface area contributed by atoms with E-state index >= 15 is 0 Å². The Balaban J connectivity index is 1.60. The van der Waals surface area contributed by atoms with Crippen LogP contribution in [-0.2, 0) is 10.8 Å². The van der Waals surface area contributed by atoms with Gasteiger partial charge in [0.15, 0.2) is 0 Å². The Morgan fingerprint density at radius 2 is 1.05 bits per heavy atom. The van der Waals surface area contributed by atoms with Gasteiger partial charge in [0.25, 0.3) is 0 Å². The number of anilines is 2. The maximum Gasteiger partial charge on any atom is 0.116 e. The molecule has 42 heavy (non-hydrogen) atoms. The first-order valence-corrected chi connectivity index (χ1v) is 14.9. The molecule has 0 aliphatic rings. The fourth-order valence-electron chi connectivity index (χ4n) is 5.66. The van der Waals surface area contributed by atoms with Crippen LogP contribution in [0.2, 0.25) is 0 Å². The number of hydrogen-bond donors (Lipinski definition) is 1. The number of aromatic nitrogens is 1. The molecule has 0 radical (unpaired) electrons. The van der Waals surface area contributed by atoms with Gasteiger partial charge in [-0.1, -0.05) is 139 Å². The van der Waals surface area contributed by atoms with Gasteiger partial charge in [0.1, 0.15) is 5.82 Å². The molecule has 0 fully saturated rings. The summed E-state index contributed by atoms with van der Waals surface area (Å²) in [4.78, 5) is 0. The van der Waals surface area contributed by atoms with Gasteiger partial charge in [0, 0.05) is 22.2 Å². The monoisotopic (exact) mass is 548 g/mol. The Morgan fingerprint density at radius 3 is 1.69 bits per heavy atom. The number of nitrogens with one attached hydrogen (secondary N) is 1. The molecule has 1 N–H and O–H groups in total. The minimum Gasteiger partial charge on any atom is -0.341 e. The average molecular weight is 549 g/mol. The summed E-state index contributed by atoms with van der Waals surface area (Å²) >= 11 is 0. The number of hydrogen-bond acceptors (Lipinski definition) is 1. The van der Waals surface area contributed by atoms with Crippen molar-refractivity contribution in [2.24, 2.45) is 0 Å². The van der Waals surface area contributed by atoms with E-state index in [1.54, 1.807) is 0 Å². The zero-order valence-corrected chi connectivity index (χ0v) is 25.6. The van der Waals surface area contributed by atoms with Crippen molar-refractivity contribution in [2.75, 3.05) is 5.32 Å². The molecule has 6 rings (SSSR count). The van der Waals surface area contributed by atoms with Crippen LogP contribution in [0.25, 0.3) is 38.8 Å². The summed E-state index contributed by atoms with van der Waals surface area (Å²) in [5.74, 6) is 1.04. The number of benzene rings is 5. The summed E-state index contributed by atoms with van der Waals surface area (Å²) < 4.78 is 2.40. The standard InChI is InChI=1S/C40H40N2/c1-39(2,3)31-23-24-35(34(26-31)29-17-11-8-12-18-29)41-38-25-30-21-22-32(40(4,5)6)27-37(30)42(38)36-20-14-13-19-33(36)28-15-9-7-10-16-28/h7-27,41H,1-6H3. The smallest absolute Gasteiger partial charge is 0.116 e. The lowest BCUT2D eigenvalue weighted by atomic mass is 9.85. The molecular weight excluding hydrogens is 508 g/mol. The van der Waals surface area contributed by atoms with Crippen molar-refractivity contribution in [3.63, 3.8) is 0 Å². The molecule has 6 aromatic rings. The Labute approximate surface area is 250 Å². The summed E-state index contributed by atoms with van der Waals surface area (Å²) in [6, 6.07) is 46.2. The van der Waals surface area contributed by atoms with Gasteiger partial charge in [0.2, 0.25) is 0 Å². The molecule has 0 aliphatic heterocycles. The molecule has 0 unspecified atom stereocenters. The second-order valence-corrected chi connectivity index (χ2v) is 13.3. The van der Waals surface area contributed by atoms with Gasteiger partial charge in [-0.15, -0.1) is 0 Å². The highest BCUT2D eigenvalue weighted by Crippen LogP contribution is 2.40. The van der Waals surface area contributed by atoms with Crippen LogP contribution in [0.1, 0.15) is 52.7 Å². The van der Waals surface area contributed by atoms with Crippen molar-refractivity contribution in [1.82, 2.24) is 4.57 Å². The lowest BCUT2D eigenvalue weighted by molar-refractivity contribution is 0.590.